The Labute approximate surface area is 118 Å². The van der Waals surface area contributed by atoms with Crippen LogP contribution in [0.15, 0.2) is 4.90 Å². The van der Waals surface area contributed by atoms with Crippen LogP contribution in [0.25, 0.3) is 0 Å². The number of piperidine rings is 1. The van der Waals surface area contributed by atoms with Gasteiger partial charge in [0.15, 0.2) is 15.7 Å². The van der Waals surface area contributed by atoms with Gasteiger partial charge in [-0.15, -0.1) is 0 Å². The van der Waals surface area contributed by atoms with Gasteiger partial charge in [0.1, 0.15) is 9.90 Å². The molecule has 2 rings (SSSR count). The van der Waals surface area contributed by atoms with E-state index in [4.69, 9.17) is 5.73 Å². The van der Waals surface area contributed by atoms with Crippen LogP contribution >= 0.6 is 11.5 Å². The van der Waals surface area contributed by atoms with Gasteiger partial charge >= 0.3 is 0 Å². The van der Waals surface area contributed by atoms with Gasteiger partial charge in [0.25, 0.3) is 0 Å². The van der Waals surface area contributed by atoms with Crippen molar-refractivity contribution >= 4 is 32.2 Å². The van der Waals surface area contributed by atoms with Crippen molar-refractivity contribution < 1.29 is 8.42 Å². The maximum absolute atomic E-state index is 11.8. The van der Waals surface area contributed by atoms with Gasteiger partial charge in [-0.3, -0.25) is 0 Å². The number of hydrogen-bond acceptors (Lipinski definition) is 6. The van der Waals surface area contributed by atoms with E-state index in [2.05, 4.69) is 16.2 Å². The minimum atomic E-state index is -3.31. The SMILES string of the molecule is CCCC1CCN(c2snc(N)c2S(C)(=O)=O)CC1. The van der Waals surface area contributed by atoms with E-state index in [-0.39, 0.29) is 10.7 Å². The first-order valence-electron chi connectivity index (χ1n) is 6.63. The lowest BCUT2D eigenvalue weighted by Gasteiger charge is -2.32. The summed E-state index contributed by atoms with van der Waals surface area (Å²) < 4.78 is 27.6. The lowest BCUT2D eigenvalue weighted by atomic mass is 9.93. The zero-order valence-electron chi connectivity index (χ0n) is 11.4. The summed E-state index contributed by atoms with van der Waals surface area (Å²) in [6, 6.07) is 0. The fourth-order valence-corrected chi connectivity index (χ4v) is 4.92. The van der Waals surface area contributed by atoms with Crippen LogP contribution < -0.4 is 10.6 Å². The molecular weight excluding hydrogens is 282 g/mol. The molecule has 108 valence electrons. The standard InChI is InChI=1S/C12H21N3O2S2/c1-3-4-9-5-7-15(8-6-9)12-10(19(2,16)17)11(13)14-18-12/h9H,3-8H2,1-2H3,(H2,13,14). The third kappa shape index (κ3) is 3.20. The summed E-state index contributed by atoms with van der Waals surface area (Å²) in [6.45, 7) is 4.00. The molecule has 0 unspecified atom stereocenters. The Bertz CT molecular complexity index is 531. The fraction of sp³-hybridized carbons (Fsp3) is 0.750. The molecule has 1 aromatic heterocycles. The minimum Gasteiger partial charge on any atom is -0.382 e. The quantitative estimate of drug-likeness (QED) is 0.922. The molecular formula is C12H21N3O2S2. The molecule has 0 aliphatic carbocycles. The first-order chi connectivity index (χ1) is 8.93. The summed E-state index contributed by atoms with van der Waals surface area (Å²) in [4.78, 5) is 2.34. The summed E-state index contributed by atoms with van der Waals surface area (Å²) in [5, 5.41) is 0.718. The molecule has 5 nitrogen and oxygen atoms in total. The summed E-state index contributed by atoms with van der Waals surface area (Å²) in [5.41, 5.74) is 5.70. The third-order valence-corrected chi connectivity index (χ3v) is 5.82. The molecule has 1 fully saturated rings. The normalized spacial score (nSPS) is 17.9. The van der Waals surface area contributed by atoms with Gasteiger partial charge in [0.05, 0.1) is 0 Å². The molecule has 0 amide bonds. The van der Waals surface area contributed by atoms with E-state index in [0.717, 1.165) is 36.9 Å². The Balaban J connectivity index is 2.17. The molecule has 7 heteroatoms. The lowest BCUT2D eigenvalue weighted by Crippen LogP contribution is -2.33. The Morgan fingerprint density at radius 2 is 2.05 bits per heavy atom. The fourth-order valence-electron chi connectivity index (χ4n) is 2.67. The highest BCUT2D eigenvalue weighted by Gasteiger charge is 2.27. The zero-order valence-corrected chi connectivity index (χ0v) is 13.1. The number of anilines is 2. The van der Waals surface area contributed by atoms with Crippen molar-refractivity contribution in [3.63, 3.8) is 0 Å². The van der Waals surface area contributed by atoms with Gasteiger partial charge in [0.2, 0.25) is 0 Å². The Morgan fingerprint density at radius 1 is 1.42 bits per heavy atom. The highest BCUT2D eigenvalue weighted by atomic mass is 32.2. The van der Waals surface area contributed by atoms with Crippen molar-refractivity contribution in [1.29, 1.82) is 0 Å². The van der Waals surface area contributed by atoms with Gasteiger partial charge in [-0.2, -0.15) is 4.37 Å². The predicted molar refractivity (Wildman–Crippen MR) is 79.5 cm³/mol. The Hall–Kier alpha value is -0.820. The van der Waals surface area contributed by atoms with Crippen LogP contribution in [0.3, 0.4) is 0 Å². The summed E-state index contributed by atoms with van der Waals surface area (Å²) in [6.07, 6.45) is 5.91. The highest BCUT2D eigenvalue weighted by molar-refractivity contribution is 7.91. The number of nitrogens with two attached hydrogens (primary N) is 1. The summed E-state index contributed by atoms with van der Waals surface area (Å²) >= 11 is 1.20. The molecule has 1 aromatic rings. The van der Waals surface area contributed by atoms with Gasteiger partial charge < -0.3 is 10.6 Å². The molecule has 2 N–H and O–H groups in total. The number of rotatable bonds is 4. The molecule has 1 aliphatic rings. The second-order valence-electron chi connectivity index (χ2n) is 5.19. The zero-order chi connectivity index (χ0) is 14.0. The number of nitrogen functional groups attached to an aromatic ring is 1. The second kappa shape index (κ2) is 5.66. The molecule has 0 spiro atoms. The van der Waals surface area contributed by atoms with Crippen molar-refractivity contribution in [2.24, 2.45) is 5.92 Å². The van der Waals surface area contributed by atoms with Crippen LogP contribution in [-0.2, 0) is 9.84 Å². The van der Waals surface area contributed by atoms with E-state index >= 15 is 0 Å². The van der Waals surface area contributed by atoms with Gasteiger partial charge in [-0.05, 0) is 30.3 Å². The number of nitrogens with zero attached hydrogens (tertiary/aromatic N) is 2. The minimum absolute atomic E-state index is 0.137. The average molecular weight is 303 g/mol. The van der Waals surface area contributed by atoms with Crippen LogP contribution in [0.1, 0.15) is 32.6 Å². The molecule has 0 saturated carbocycles. The molecule has 0 bridgehead atoms. The first-order valence-corrected chi connectivity index (χ1v) is 9.30. The first kappa shape index (κ1) is 14.6. The number of sulfone groups is 1. The molecule has 19 heavy (non-hydrogen) atoms. The van der Waals surface area contributed by atoms with Gasteiger partial charge in [0, 0.05) is 19.3 Å². The van der Waals surface area contributed by atoms with E-state index < -0.39 is 9.84 Å². The van der Waals surface area contributed by atoms with E-state index in [0.29, 0.717) is 0 Å². The van der Waals surface area contributed by atoms with Crippen molar-refractivity contribution in [3.8, 4) is 0 Å². The van der Waals surface area contributed by atoms with Crippen molar-refractivity contribution in [3.05, 3.63) is 0 Å². The van der Waals surface area contributed by atoms with Crippen LogP contribution in [0.5, 0.6) is 0 Å². The Morgan fingerprint density at radius 3 is 2.58 bits per heavy atom. The highest BCUT2D eigenvalue weighted by Crippen LogP contribution is 2.37. The van der Waals surface area contributed by atoms with Crippen molar-refractivity contribution in [2.45, 2.75) is 37.5 Å². The molecule has 1 saturated heterocycles. The lowest BCUT2D eigenvalue weighted by molar-refractivity contribution is 0.378. The molecule has 0 aromatic carbocycles. The molecule has 0 radical (unpaired) electrons. The van der Waals surface area contributed by atoms with Crippen molar-refractivity contribution in [2.75, 3.05) is 30.0 Å². The number of aromatic nitrogens is 1. The van der Waals surface area contributed by atoms with Crippen LogP contribution in [0, 0.1) is 5.92 Å². The molecule has 0 atom stereocenters. The topological polar surface area (TPSA) is 76.3 Å². The molecule has 1 aliphatic heterocycles. The second-order valence-corrected chi connectivity index (χ2v) is 7.90. The largest absolute Gasteiger partial charge is 0.382 e. The van der Waals surface area contributed by atoms with Gasteiger partial charge in [-0.1, -0.05) is 19.8 Å². The summed E-state index contributed by atoms with van der Waals surface area (Å²) in [7, 11) is -3.31. The van der Waals surface area contributed by atoms with Crippen molar-refractivity contribution in [1.82, 2.24) is 4.37 Å². The van der Waals surface area contributed by atoms with Crippen LogP contribution in [0.4, 0.5) is 10.8 Å². The van der Waals surface area contributed by atoms with Crippen LogP contribution in [0.2, 0.25) is 0 Å². The van der Waals surface area contributed by atoms with Crippen LogP contribution in [-0.4, -0.2) is 32.1 Å². The maximum atomic E-state index is 11.8. The third-order valence-electron chi connectivity index (χ3n) is 3.63. The summed E-state index contributed by atoms with van der Waals surface area (Å²) in [5.74, 6) is 0.909. The monoisotopic (exact) mass is 303 g/mol. The Kier molecular flexibility index (Phi) is 4.35. The van der Waals surface area contributed by atoms with E-state index in [1.165, 1.54) is 30.6 Å². The average Bonchev–Trinajstić information content (AvgIpc) is 2.72. The number of hydrogen-bond donors (Lipinski definition) is 1. The molecule has 2 heterocycles. The van der Waals surface area contributed by atoms with E-state index in [9.17, 15) is 8.42 Å². The van der Waals surface area contributed by atoms with E-state index in [1.54, 1.807) is 0 Å². The maximum Gasteiger partial charge on any atom is 0.182 e. The smallest absolute Gasteiger partial charge is 0.182 e. The van der Waals surface area contributed by atoms with E-state index in [1.807, 2.05) is 0 Å². The van der Waals surface area contributed by atoms with Gasteiger partial charge in [-0.25, -0.2) is 8.42 Å². The predicted octanol–water partition coefficient (Wildman–Crippen LogP) is 2.15.